The topological polar surface area (TPSA) is 47.7 Å². The summed E-state index contributed by atoms with van der Waals surface area (Å²) in [7, 11) is 1.60. The smallest absolute Gasteiger partial charge is 0.179 e. The normalized spacial score (nSPS) is 19.8. The summed E-state index contributed by atoms with van der Waals surface area (Å²) in [6.45, 7) is 5.12. The number of nitrogens with zero attached hydrogens (tertiary/aromatic N) is 1. The quantitative estimate of drug-likeness (QED) is 0.798. The first-order valence-corrected chi connectivity index (χ1v) is 9.02. The van der Waals surface area contributed by atoms with Gasteiger partial charge in [-0.1, -0.05) is 41.9 Å². The van der Waals surface area contributed by atoms with Crippen LogP contribution in [0, 0.1) is 0 Å². The minimum absolute atomic E-state index is 0. The molecule has 0 saturated carbocycles. The van der Waals surface area contributed by atoms with Gasteiger partial charge in [0.2, 0.25) is 0 Å². The predicted octanol–water partition coefficient (Wildman–Crippen LogP) is 4.10. The molecule has 6 heteroatoms. The number of likely N-dealkylation sites (tertiary alicyclic amines) is 1. The Morgan fingerprint density at radius 2 is 1.92 bits per heavy atom. The standard InChI is InChI=1S/C20H25ClN2O2.ClH/c1-3-25-19-10-14(9-17(21)20(19)24-2)11-23-12-16(18(22)13-23)15-7-5-4-6-8-15;/h4-10,16,18H,3,11-13,22H2,1-2H3;1H/t16-,18+;/m0./s1. The molecule has 3 rings (SSSR count). The summed E-state index contributed by atoms with van der Waals surface area (Å²) in [5.74, 6) is 1.64. The van der Waals surface area contributed by atoms with Crippen LogP contribution in [0.4, 0.5) is 0 Å². The van der Waals surface area contributed by atoms with Crippen LogP contribution < -0.4 is 15.2 Å². The molecular formula is C20H26Cl2N2O2. The van der Waals surface area contributed by atoms with E-state index in [2.05, 4.69) is 29.2 Å². The Hall–Kier alpha value is -1.46. The van der Waals surface area contributed by atoms with Crippen LogP contribution in [0.25, 0.3) is 0 Å². The fourth-order valence-corrected chi connectivity index (χ4v) is 3.84. The highest BCUT2D eigenvalue weighted by Gasteiger charge is 2.31. The molecule has 26 heavy (non-hydrogen) atoms. The van der Waals surface area contributed by atoms with Crippen molar-refractivity contribution in [3.8, 4) is 11.5 Å². The third-order valence-electron chi connectivity index (χ3n) is 4.65. The molecule has 142 valence electrons. The minimum Gasteiger partial charge on any atom is -0.491 e. The molecule has 0 aromatic heterocycles. The van der Waals surface area contributed by atoms with Crippen molar-refractivity contribution in [3.05, 3.63) is 58.6 Å². The molecule has 0 aliphatic carbocycles. The Balaban J connectivity index is 0.00000243. The molecule has 1 fully saturated rings. The van der Waals surface area contributed by atoms with Crippen molar-refractivity contribution >= 4 is 24.0 Å². The molecule has 2 atom stereocenters. The first kappa shape index (κ1) is 20.8. The number of rotatable bonds is 6. The summed E-state index contributed by atoms with van der Waals surface area (Å²) >= 11 is 6.36. The van der Waals surface area contributed by atoms with Crippen LogP contribution in [-0.2, 0) is 6.54 Å². The Bertz CT molecular complexity index is 712. The molecule has 0 unspecified atom stereocenters. The molecule has 1 heterocycles. The van der Waals surface area contributed by atoms with E-state index in [4.69, 9.17) is 26.8 Å². The van der Waals surface area contributed by atoms with E-state index in [1.54, 1.807) is 7.11 Å². The minimum atomic E-state index is 0. The van der Waals surface area contributed by atoms with Crippen LogP contribution >= 0.6 is 24.0 Å². The number of nitrogens with two attached hydrogens (primary N) is 1. The van der Waals surface area contributed by atoms with Gasteiger partial charge in [-0.15, -0.1) is 12.4 Å². The highest BCUT2D eigenvalue weighted by atomic mass is 35.5. The number of hydrogen-bond acceptors (Lipinski definition) is 4. The fourth-order valence-electron chi connectivity index (χ4n) is 3.53. The molecule has 0 bridgehead atoms. The van der Waals surface area contributed by atoms with Crippen molar-refractivity contribution in [2.75, 3.05) is 26.8 Å². The SMILES string of the molecule is CCOc1cc(CN2C[C@@H](N)[C@H](c3ccccc3)C2)cc(Cl)c1OC.Cl. The molecule has 2 aromatic carbocycles. The highest BCUT2D eigenvalue weighted by molar-refractivity contribution is 6.32. The molecule has 1 aliphatic heterocycles. The molecule has 2 N–H and O–H groups in total. The number of ether oxygens (including phenoxy) is 2. The van der Waals surface area contributed by atoms with Gasteiger partial charge in [-0.05, 0) is 30.2 Å². The Kier molecular flexibility index (Phi) is 7.59. The molecule has 4 nitrogen and oxygen atoms in total. The van der Waals surface area contributed by atoms with Gasteiger partial charge in [0.1, 0.15) is 0 Å². The van der Waals surface area contributed by atoms with Crippen LogP contribution in [0.15, 0.2) is 42.5 Å². The average molecular weight is 397 g/mol. The second-order valence-electron chi connectivity index (χ2n) is 6.42. The zero-order chi connectivity index (χ0) is 17.8. The lowest BCUT2D eigenvalue weighted by atomic mass is 9.95. The van der Waals surface area contributed by atoms with Gasteiger partial charge >= 0.3 is 0 Å². The van der Waals surface area contributed by atoms with Gasteiger partial charge < -0.3 is 15.2 Å². The van der Waals surface area contributed by atoms with E-state index in [9.17, 15) is 0 Å². The van der Waals surface area contributed by atoms with Gasteiger partial charge in [0.05, 0.1) is 18.7 Å². The summed E-state index contributed by atoms with van der Waals surface area (Å²) in [5.41, 5.74) is 8.81. The Morgan fingerprint density at radius 3 is 2.58 bits per heavy atom. The maximum Gasteiger partial charge on any atom is 0.179 e. The average Bonchev–Trinajstić information content (AvgIpc) is 2.96. The molecule has 2 aromatic rings. The number of hydrogen-bond donors (Lipinski definition) is 1. The summed E-state index contributed by atoms with van der Waals surface area (Å²) in [5, 5.41) is 0.576. The monoisotopic (exact) mass is 396 g/mol. The molecule has 1 aliphatic rings. The third kappa shape index (κ3) is 4.63. The van der Waals surface area contributed by atoms with Gasteiger partial charge in [-0.3, -0.25) is 4.90 Å². The molecule has 0 spiro atoms. The van der Waals surface area contributed by atoms with E-state index < -0.39 is 0 Å². The van der Waals surface area contributed by atoms with E-state index >= 15 is 0 Å². The second-order valence-corrected chi connectivity index (χ2v) is 6.82. The summed E-state index contributed by atoms with van der Waals surface area (Å²) in [6, 6.07) is 14.6. The van der Waals surface area contributed by atoms with Crippen molar-refractivity contribution in [1.29, 1.82) is 0 Å². The van der Waals surface area contributed by atoms with Crippen molar-refractivity contribution in [1.82, 2.24) is 4.90 Å². The van der Waals surface area contributed by atoms with E-state index in [-0.39, 0.29) is 18.4 Å². The number of methoxy groups -OCH3 is 1. The van der Waals surface area contributed by atoms with E-state index in [1.165, 1.54) is 5.56 Å². The maximum atomic E-state index is 6.40. The summed E-state index contributed by atoms with van der Waals surface area (Å²) in [4.78, 5) is 2.37. The van der Waals surface area contributed by atoms with Gasteiger partial charge in [0.25, 0.3) is 0 Å². The zero-order valence-corrected chi connectivity index (χ0v) is 16.7. The lowest BCUT2D eigenvalue weighted by molar-refractivity contribution is 0.305. The van der Waals surface area contributed by atoms with E-state index in [1.807, 2.05) is 25.1 Å². The third-order valence-corrected chi connectivity index (χ3v) is 4.93. The largest absolute Gasteiger partial charge is 0.491 e. The molecule has 0 radical (unpaired) electrons. The first-order valence-electron chi connectivity index (χ1n) is 8.64. The van der Waals surface area contributed by atoms with E-state index in [0.29, 0.717) is 29.0 Å². The van der Waals surface area contributed by atoms with Crippen LogP contribution in [-0.4, -0.2) is 37.7 Å². The fraction of sp³-hybridized carbons (Fsp3) is 0.400. The van der Waals surface area contributed by atoms with Crippen LogP contribution in [0.2, 0.25) is 5.02 Å². The van der Waals surface area contributed by atoms with Crippen LogP contribution in [0.5, 0.6) is 11.5 Å². The predicted molar refractivity (Wildman–Crippen MR) is 109 cm³/mol. The van der Waals surface area contributed by atoms with Crippen LogP contribution in [0.3, 0.4) is 0 Å². The first-order chi connectivity index (χ1) is 12.1. The second kappa shape index (κ2) is 9.47. The molecular weight excluding hydrogens is 371 g/mol. The number of halogens is 2. The highest BCUT2D eigenvalue weighted by Crippen LogP contribution is 2.37. The maximum absolute atomic E-state index is 6.40. The molecule has 0 amide bonds. The number of benzene rings is 2. The lowest BCUT2D eigenvalue weighted by Gasteiger charge is -2.18. The molecule has 1 saturated heterocycles. The Labute approximate surface area is 166 Å². The van der Waals surface area contributed by atoms with Crippen molar-refractivity contribution < 1.29 is 9.47 Å². The summed E-state index contributed by atoms with van der Waals surface area (Å²) in [6.07, 6.45) is 0. The van der Waals surface area contributed by atoms with Gasteiger partial charge in [0.15, 0.2) is 11.5 Å². The van der Waals surface area contributed by atoms with Crippen LogP contribution in [0.1, 0.15) is 24.0 Å². The Morgan fingerprint density at radius 1 is 1.19 bits per heavy atom. The zero-order valence-electron chi connectivity index (χ0n) is 15.2. The van der Waals surface area contributed by atoms with Gasteiger partial charge in [-0.25, -0.2) is 0 Å². The van der Waals surface area contributed by atoms with E-state index in [0.717, 1.165) is 25.2 Å². The lowest BCUT2D eigenvalue weighted by Crippen LogP contribution is -2.28. The summed E-state index contributed by atoms with van der Waals surface area (Å²) < 4.78 is 11.0. The van der Waals surface area contributed by atoms with Crippen molar-refractivity contribution in [2.24, 2.45) is 5.73 Å². The van der Waals surface area contributed by atoms with Gasteiger partial charge in [-0.2, -0.15) is 0 Å². The van der Waals surface area contributed by atoms with Crippen molar-refractivity contribution in [2.45, 2.75) is 25.4 Å². The van der Waals surface area contributed by atoms with Gasteiger partial charge in [0, 0.05) is 31.6 Å². The van der Waals surface area contributed by atoms with Crippen molar-refractivity contribution in [3.63, 3.8) is 0 Å².